The molecular weight excluding hydrogens is 296 g/mol. The topological polar surface area (TPSA) is 80.4 Å². The Kier molecular flexibility index (Phi) is 4.32. The number of ether oxygens (including phenoxy) is 2. The minimum Gasteiger partial charge on any atom is -0.497 e. The molecule has 1 unspecified atom stereocenters. The normalized spacial score (nSPS) is 16.1. The number of carbonyl (C=O) groups excluding carboxylic acids is 1. The second-order valence-corrected chi connectivity index (χ2v) is 5.51. The van der Waals surface area contributed by atoms with Crippen molar-refractivity contribution in [1.82, 2.24) is 10.3 Å². The molecule has 2 heterocycles. The predicted molar refractivity (Wildman–Crippen MR) is 85.1 cm³/mol. The van der Waals surface area contributed by atoms with Crippen molar-refractivity contribution < 1.29 is 14.3 Å². The molecule has 2 aromatic rings. The van der Waals surface area contributed by atoms with E-state index in [0.29, 0.717) is 18.7 Å². The number of aromatic amines is 1. The van der Waals surface area contributed by atoms with Gasteiger partial charge in [-0.1, -0.05) is 6.07 Å². The maximum Gasteiger partial charge on any atom is 0.252 e. The molecule has 120 valence electrons. The lowest BCUT2D eigenvalue weighted by Gasteiger charge is -2.25. The molecule has 1 aliphatic heterocycles. The summed E-state index contributed by atoms with van der Waals surface area (Å²) in [6.07, 6.45) is 2.25. The highest BCUT2D eigenvalue weighted by Gasteiger charge is 2.21. The number of hydrogen-bond acceptors (Lipinski definition) is 4. The van der Waals surface area contributed by atoms with E-state index in [0.717, 1.165) is 23.5 Å². The van der Waals surface area contributed by atoms with Crippen LogP contribution in [-0.2, 0) is 6.42 Å². The van der Waals surface area contributed by atoms with Gasteiger partial charge >= 0.3 is 0 Å². The number of hydrogen-bond donors (Lipinski definition) is 2. The molecule has 23 heavy (non-hydrogen) atoms. The lowest BCUT2D eigenvalue weighted by atomic mass is 9.96. The lowest BCUT2D eigenvalue weighted by Crippen LogP contribution is -2.35. The van der Waals surface area contributed by atoms with E-state index < -0.39 is 0 Å². The van der Waals surface area contributed by atoms with Crippen molar-refractivity contribution in [2.75, 3.05) is 20.3 Å². The number of carbonyl (C=O) groups is 1. The smallest absolute Gasteiger partial charge is 0.252 e. The van der Waals surface area contributed by atoms with Crippen LogP contribution in [0.2, 0.25) is 0 Å². The largest absolute Gasteiger partial charge is 0.497 e. The van der Waals surface area contributed by atoms with Crippen LogP contribution in [0.15, 0.2) is 41.3 Å². The summed E-state index contributed by atoms with van der Waals surface area (Å²) in [6.45, 7) is 1.06. The van der Waals surface area contributed by atoms with Crippen LogP contribution < -0.4 is 20.3 Å². The van der Waals surface area contributed by atoms with E-state index in [9.17, 15) is 9.59 Å². The van der Waals surface area contributed by atoms with Crippen LogP contribution in [0.1, 0.15) is 15.9 Å². The molecule has 6 heteroatoms. The summed E-state index contributed by atoms with van der Waals surface area (Å²) >= 11 is 0. The molecule has 0 fully saturated rings. The van der Waals surface area contributed by atoms with Crippen LogP contribution in [0.4, 0.5) is 0 Å². The molecule has 1 aliphatic rings. The summed E-state index contributed by atoms with van der Waals surface area (Å²) < 4.78 is 10.9. The van der Waals surface area contributed by atoms with E-state index in [4.69, 9.17) is 9.47 Å². The van der Waals surface area contributed by atoms with E-state index >= 15 is 0 Å². The van der Waals surface area contributed by atoms with Gasteiger partial charge in [-0.15, -0.1) is 0 Å². The maximum atomic E-state index is 12.0. The van der Waals surface area contributed by atoms with Gasteiger partial charge in [0.2, 0.25) is 5.56 Å². The number of aromatic nitrogens is 1. The Morgan fingerprint density at radius 3 is 3.00 bits per heavy atom. The molecule has 0 saturated carbocycles. The third-order valence-electron chi connectivity index (χ3n) is 3.86. The van der Waals surface area contributed by atoms with Gasteiger partial charge in [-0.2, -0.15) is 0 Å². The fraction of sp³-hybridized carbons (Fsp3) is 0.294. The summed E-state index contributed by atoms with van der Waals surface area (Å²) in [5.41, 5.74) is 1.32. The van der Waals surface area contributed by atoms with Gasteiger partial charge in [0.25, 0.3) is 5.91 Å². The first kappa shape index (κ1) is 15.1. The van der Waals surface area contributed by atoms with E-state index in [2.05, 4.69) is 10.3 Å². The van der Waals surface area contributed by atoms with Gasteiger partial charge in [-0.25, -0.2) is 0 Å². The Morgan fingerprint density at radius 1 is 1.39 bits per heavy atom. The van der Waals surface area contributed by atoms with Gasteiger partial charge < -0.3 is 19.8 Å². The van der Waals surface area contributed by atoms with E-state index in [1.165, 1.54) is 18.3 Å². The highest BCUT2D eigenvalue weighted by atomic mass is 16.5. The number of nitrogens with one attached hydrogen (secondary N) is 2. The molecule has 0 radical (unpaired) electrons. The first-order chi connectivity index (χ1) is 11.2. The number of pyridine rings is 1. The van der Waals surface area contributed by atoms with Crippen LogP contribution >= 0.6 is 0 Å². The molecule has 1 atom stereocenters. The summed E-state index contributed by atoms with van der Waals surface area (Å²) in [7, 11) is 1.62. The van der Waals surface area contributed by atoms with Crippen molar-refractivity contribution in [3.05, 3.63) is 58.0 Å². The third kappa shape index (κ3) is 3.53. The number of H-pyrrole nitrogens is 1. The molecule has 1 aromatic heterocycles. The van der Waals surface area contributed by atoms with Crippen LogP contribution in [0.3, 0.4) is 0 Å². The van der Waals surface area contributed by atoms with Crippen molar-refractivity contribution in [3.63, 3.8) is 0 Å². The van der Waals surface area contributed by atoms with Crippen LogP contribution in [0, 0.1) is 5.92 Å². The number of amides is 1. The molecule has 1 aromatic carbocycles. The minimum absolute atomic E-state index is 0.207. The molecular formula is C17H18N2O4. The average Bonchev–Trinajstić information content (AvgIpc) is 2.59. The molecule has 0 bridgehead atoms. The predicted octanol–water partition coefficient (Wildman–Crippen LogP) is 1.36. The zero-order valence-corrected chi connectivity index (χ0v) is 12.8. The third-order valence-corrected chi connectivity index (χ3v) is 3.86. The molecule has 1 amide bonds. The van der Waals surface area contributed by atoms with Crippen molar-refractivity contribution in [3.8, 4) is 11.5 Å². The molecule has 0 aliphatic carbocycles. The van der Waals surface area contributed by atoms with Crippen molar-refractivity contribution in [2.24, 2.45) is 5.92 Å². The van der Waals surface area contributed by atoms with Gasteiger partial charge in [-0.05, 0) is 24.1 Å². The standard InChI is InChI=1S/C17H18N2O4/c1-22-14-4-2-12-6-11(10-23-15(12)7-14)8-19-17(21)13-3-5-16(20)18-9-13/h2-5,7,9,11H,6,8,10H2,1H3,(H,18,20)(H,19,21). The highest BCUT2D eigenvalue weighted by Crippen LogP contribution is 2.30. The second-order valence-electron chi connectivity index (χ2n) is 5.51. The van der Waals surface area contributed by atoms with Gasteiger partial charge in [-0.3, -0.25) is 9.59 Å². The fourth-order valence-corrected chi connectivity index (χ4v) is 2.56. The zero-order valence-electron chi connectivity index (χ0n) is 12.8. The van der Waals surface area contributed by atoms with Gasteiger partial charge in [0.1, 0.15) is 11.5 Å². The summed E-state index contributed by atoms with van der Waals surface area (Å²) in [6, 6.07) is 8.62. The van der Waals surface area contributed by atoms with E-state index in [-0.39, 0.29) is 17.4 Å². The molecule has 0 saturated heterocycles. The van der Waals surface area contributed by atoms with E-state index in [1.54, 1.807) is 7.11 Å². The van der Waals surface area contributed by atoms with E-state index in [1.807, 2.05) is 18.2 Å². The van der Waals surface area contributed by atoms with Crippen LogP contribution in [-0.4, -0.2) is 31.2 Å². The SMILES string of the molecule is COc1ccc2c(c1)OCC(CNC(=O)c1ccc(=O)[nH]c1)C2. The molecule has 3 rings (SSSR count). The molecule has 6 nitrogen and oxygen atoms in total. The number of fused-ring (bicyclic) bond motifs is 1. The Balaban J connectivity index is 1.58. The van der Waals surface area contributed by atoms with Crippen molar-refractivity contribution >= 4 is 5.91 Å². The van der Waals surface area contributed by atoms with Gasteiger partial charge in [0, 0.05) is 30.8 Å². The van der Waals surface area contributed by atoms with Gasteiger partial charge in [0.05, 0.1) is 19.3 Å². The Labute approximate surface area is 133 Å². The number of benzene rings is 1. The zero-order chi connectivity index (χ0) is 16.2. The maximum absolute atomic E-state index is 12.0. The fourth-order valence-electron chi connectivity index (χ4n) is 2.56. The Hall–Kier alpha value is -2.76. The molecule has 0 spiro atoms. The first-order valence-electron chi connectivity index (χ1n) is 7.42. The number of rotatable bonds is 4. The minimum atomic E-state index is -0.228. The monoisotopic (exact) mass is 314 g/mol. The average molecular weight is 314 g/mol. The van der Waals surface area contributed by atoms with Crippen molar-refractivity contribution in [2.45, 2.75) is 6.42 Å². The van der Waals surface area contributed by atoms with Crippen molar-refractivity contribution in [1.29, 1.82) is 0 Å². The van der Waals surface area contributed by atoms with Gasteiger partial charge in [0.15, 0.2) is 0 Å². The second kappa shape index (κ2) is 6.56. The van der Waals surface area contributed by atoms with Crippen LogP contribution in [0.5, 0.6) is 11.5 Å². The highest BCUT2D eigenvalue weighted by molar-refractivity contribution is 5.93. The summed E-state index contributed by atoms with van der Waals surface area (Å²) in [5.74, 6) is 1.62. The Bertz CT molecular complexity index is 749. The quantitative estimate of drug-likeness (QED) is 0.893. The van der Waals surface area contributed by atoms with Crippen LogP contribution in [0.25, 0.3) is 0 Å². The number of methoxy groups -OCH3 is 1. The summed E-state index contributed by atoms with van der Waals surface area (Å²) in [5, 5.41) is 2.88. The molecule has 2 N–H and O–H groups in total. The Morgan fingerprint density at radius 2 is 2.26 bits per heavy atom. The summed E-state index contributed by atoms with van der Waals surface area (Å²) in [4.78, 5) is 25.5. The lowest BCUT2D eigenvalue weighted by molar-refractivity contribution is 0.0938. The first-order valence-corrected chi connectivity index (χ1v) is 7.42.